The quantitative estimate of drug-likeness (QED) is 0.298. The van der Waals surface area contributed by atoms with Gasteiger partial charge in [-0.1, -0.05) is 12.1 Å². The highest BCUT2D eigenvalue weighted by atomic mass is 16.6. The number of hydrogen-bond donors (Lipinski definition) is 3. The molecule has 1 rings (SSSR count). The van der Waals surface area contributed by atoms with Crippen molar-refractivity contribution < 1.29 is 14.9 Å². The molecule has 0 aliphatic heterocycles. The van der Waals surface area contributed by atoms with E-state index in [1.807, 2.05) is 0 Å². The molecule has 1 aromatic heterocycles. The highest BCUT2D eigenvalue weighted by Gasteiger charge is 2.20. The van der Waals surface area contributed by atoms with Gasteiger partial charge in [0.1, 0.15) is 5.56 Å². The lowest BCUT2D eigenvalue weighted by atomic mass is 10.1. The summed E-state index contributed by atoms with van der Waals surface area (Å²) in [6.45, 7) is 4.74. The number of carbonyl (C=O) groups excluding carboxylic acids is 1. The maximum Gasteiger partial charge on any atom is 0.260 e. The fraction of sp³-hybridized carbons (Fsp3) is 0.400. The summed E-state index contributed by atoms with van der Waals surface area (Å²) in [5.74, 6) is -0.634. The van der Waals surface area contributed by atoms with Gasteiger partial charge in [-0.15, -0.1) is 0 Å². The fourth-order valence-electron chi connectivity index (χ4n) is 2.13. The largest absolute Gasteiger partial charge is 0.411 e. The monoisotopic (exact) mass is 336 g/mol. The molecule has 9 nitrogen and oxygen atoms in total. The van der Waals surface area contributed by atoms with Crippen LogP contribution in [0.15, 0.2) is 33.7 Å². The number of pyridine rings is 1. The molecule has 0 radical (unpaired) electrons. The Morgan fingerprint density at radius 2 is 2.21 bits per heavy atom. The van der Waals surface area contributed by atoms with Crippen molar-refractivity contribution in [2.45, 2.75) is 33.2 Å². The normalized spacial score (nSPS) is 13.5. The van der Waals surface area contributed by atoms with Gasteiger partial charge in [0.25, 0.3) is 11.5 Å². The highest BCUT2D eigenvalue weighted by molar-refractivity contribution is 6.01. The minimum Gasteiger partial charge on any atom is -0.411 e. The molecule has 0 aliphatic rings. The molecule has 1 aromatic rings. The lowest BCUT2D eigenvalue weighted by Crippen LogP contribution is -2.33. The number of aromatic amines is 1. The molecule has 1 heterocycles. The van der Waals surface area contributed by atoms with Crippen molar-refractivity contribution >= 4 is 11.6 Å². The molecule has 0 saturated heterocycles. The first-order valence-electron chi connectivity index (χ1n) is 7.30. The van der Waals surface area contributed by atoms with Crippen LogP contribution in [0.3, 0.4) is 0 Å². The van der Waals surface area contributed by atoms with Crippen molar-refractivity contribution in [3.05, 3.63) is 55.5 Å². The number of nitro groups is 1. The second-order valence-electron chi connectivity index (χ2n) is 5.26. The summed E-state index contributed by atoms with van der Waals surface area (Å²) in [6.07, 6.45) is 1.63. The van der Waals surface area contributed by atoms with Gasteiger partial charge in [-0.05, 0) is 32.1 Å². The summed E-state index contributed by atoms with van der Waals surface area (Å²) in [4.78, 5) is 36.7. The molecule has 24 heavy (non-hydrogen) atoms. The van der Waals surface area contributed by atoms with Crippen molar-refractivity contribution in [2.75, 3.05) is 6.54 Å². The van der Waals surface area contributed by atoms with Crippen molar-refractivity contribution in [1.82, 2.24) is 10.3 Å². The Bertz CT molecular complexity index is 736. The predicted octanol–water partition coefficient (Wildman–Crippen LogP) is 1.24. The molecule has 0 fully saturated rings. The molecule has 0 spiro atoms. The van der Waals surface area contributed by atoms with Gasteiger partial charge in [-0.3, -0.25) is 19.7 Å². The van der Waals surface area contributed by atoms with E-state index in [9.17, 15) is 19.7 Å². The van der Waals surface area contributed by atoms with E-state index in [-0.39, 0.29) is 17.8 Å². The molecule has 0 saturated carbocycles. The second-order valence-corrected chi connectivity index (χ2v) is 5.26. The first-order chi connectivity index (χ1) is 11.3. The average molecular weight is 336 g/mol. The lowest BCUT2D eigenvalue weighted by molar-refractivity contribution is -0.512. The van der Waals surface area contributed by atoms with Gasteiger partial charge in [0.05, 0.1) is 12.3 Å². The van der Waals surface area contributed by atoms with E-state index in [0.717, 1.165) is 0 Å². The zero-order valence-electron chi connectivity index (χ0n) is 13.7. The Morgan fingerprint density at radius 1 is 1.54 bits per heavy atom. The van der Waals surface area contributed by atoms with Gasteiger partial charge in [-0.25, -0.2) is 0 Å². The standard InChI is InChI=1S/C15H20N4O5/c1-4-13(19(23)24)9(2)7-11(18-22)8-16-14(20)12-6-5-10(3)17-15(12)21/h5-7,13,22H,4,8H2,1-3H3,(H,16,20)(H,17,21). The van der Waals surface area contributed by atoms with Gasteiger partial charge < -0.3 is 15.5 Å². The van der Waals surface area contributed by atoms with Gasteiger partial charge in [-0.2, -0.15) is 0 Å². The van der Waals surface area contributed by atoms with Gasteiger partial charge in [0.2, 0.25) is 6.04 Å². The van der Waals surface area contributed by atoms with Crippen LogP contribution in [0.4, 0.5) is 0 Å². The molecule has 0 bridgehead atoms. The number of H-pyrrole nitrogens is 1. The van der Waals surface area contributed by atoms with Crippen LogP contribution in [-0.2, 0) is 0 Å². The van der Waals surface area contributed by atoms with Crippen LogP contribution in [0, 0.1) is 17.0 Å². The molecular weight excluding hydrogens is 316 g/mol. The van der Waals surface area contributed by atoms with Gasteiger partial charge in [0.15, 0.2) is 0 Å². The highest BCUT2D eigenvalue weighted by Crippen LogP contribution is 2.09. The van der Waals surface area contributed by atoms with Crippen LogP contribution < -0.4 is 10.9 Å². The number of amides is 1. The van der Waals surface area contributed by atoms with E-state index in [2.05, 4.69) is 15.5 Å². The van der Waals surface area contributed by atoms with Crippen molar-refractivity contribution in [3.63, 3.8) is 0 Å². The zero-order chi connectivity index (χ0) is 18.3. The van der Waals surface area contributed by atoms with Crippen molar-refractivity contribution in [3.8, 4) is 0 Å². The molecule has 9 heteroatoms. The summed E-state index contributed by atoms with van der Waals surface area (Å²) in [5.41, 5.74) is 0.469. The number of hydrogen-bond acceptors (Lipinski definition) is 6. The van der Waals surface area contributed by atoms with Crippen LogP contribution in [0.25, 0.3) is 0 Å². The van der Waals surface area contributed by atoms with E-state index in [0.29, 0.717) is 17.7 Å². The third kappa shape index (κ3) is 5.04. The summed E-state index contributed by atoms with van der Waals surface area (Å²) in [7, 11) is 0. The second kappa shape index (κ2) is 8.61. The topological polar surface area (TPSA) is 138 Å². The maximum absolute atomic E-state index is 12.0. The number of rotatable bonds is 7. The van der Waals surface area contributed by atoms with Gasteiger partial charge >= 0.3 is 0 Å². The van der Waals surface area contributed by atoms with E-state index in [1.54, 1.807) is 26.8 Å². The number of nitrogens with one attached hydrogen (secondary N) is 2. The van der Waals surface area contributed by atoms with E-state index < -0.39 is 22.4 Å². The van der Waals surface area contributed by atoms with Crippen LogP contribution >= 0.6 is 0 Å². The van der Waals surface area contributed by atoms with Crippen LogP contribution in [-0.4, -0.2) is 39.3 Å². The number of aromatic nitrogens is 1. The third-order valence-electron chi connectivity index (χ3n) is 3.42. The van der Waals surface area contributed by atoms with E-state index >= 15 is 0 Å². The Hall–Kier alpha value is -2.97. The molecule has 0 aromatic carbocycles. The minimum atomic E-state index is -0.891. The lowest BCUT2D eigenvalue weighted by Gasteiger charge is -2.08. The number of aryl methyl sites for hydroxylation is 1. The summed E-state index contributed by atoms with van der Waals surface area (Å²) in [6, 6.07) is 2.09. The Kier molecular flexibility index (Phi) is 6.84. The molecule has 1 amide bonds. The minimum absolute atomic E-state index is 0.0460. The molecule has 1 atom stereocenters. The van der Waals surface area contributed by atoms with Crippen LogP contribution in [0.1, 0.15) is 36.3 Å². The van der Waals surface area contributed by atoms with Crippen LogP contribution in [0.2, 0.25) is 0 Å². The summed E-state index contributed by atoms with van der Waals surface area (Å²) >= 11 is 0. The fourth-order valence-corrected chi connectivity index (χ4v) is 2.13. The molecule has 1 unspecified atom stereocenters. The first-order valence-corrected chi connectivity index (χ1v) is 7.30. The SMILES string of the molecule is CCC(C(C)=CC(CNC(=O)c1ccc(C)[nH]c1=O)=NO)[N+](=O)[O-]. The summed E-state index contributed by atoms with van der Waals surface area (Å²) < 4.78 is 0. The average Bonchev–Trinajstić information content (AvgIpc) is 2.51. The number of carbonyl (C=O) groups is 1. The molecule has 130 valence electrons. The molecule has 0 aliphatic carbocycles. The van der Waals surface area contributed by atoms with Crippen molar-refractivity contribution in [2.24, 2.45) is 5.16 Å². The summed E-state index contributed by atoms with van der Waals surface area (Å²) in [5, 5.41) is 25.4. The Balaban J connectivity index is 2.82. The Morgan fingerprint density at radius 3 is 2.71 bits per heavy atom. The van der Waals surface area contributed by atoms with E-state index in [4.69, 9.17) is 5.21 Å². The third-order valence-corrected chi connectivity index (χ3v) is 3.42. The Labute approximate surface area is 138 Å². The zero-order valence-corrected chi connectivity index (χ0v) is 13.7. The smallest absolute Gasteiger partial charge is 0.260 e. The number of oxime groups is 1. The van der Waals surface area contributed by atoms with Crippen molar-refractivity contribution in [1.29, 1.82) is 0 Å². The van der Waals surface area contributed by atoms with E-state index in [1.165, 1.54) is 12.1 Å². The molecule has 3 N–H and O–H groups in total. The number of nitrogens with zero attached hydrogens (tertiary/aromatic N) is 2. The van der Waals surface area contributed by atoms with Gasteiger partial charge in [0, 0.05) is 22.6 Å². The van der Waals surface area contributed by atoms with Crippen LogP contribution in [0.5, 0.6) is 0 Å². The maximum atomic E-state index is 12.0. The predicted molar refractivity (Wildman–Crippen MR) is 88.2 cm³/mol. The molecular formula is C15H20N4O5. The first kappa shape index (κ1) is 19.1.